The Morgan fingerprint density at radius 2 is 2.11 bits per heavy atom. The number of para-hydroxylation sites is 2. The Hall–Kier alpha value is -3.09. The first-order valence-electron chi connectivity index (χ1n) is 8.97. The van der Waals surface area contributed by atoms with Crippen LogP contribution in [0, 0.1) is 13.8 Å². The maximum atomic E-state index is 12.3. The minimum Gasteiger partial charge on any atom is -0.494 e. The summed E-state index contributed by atoms with van der Waals surface area (Å²) in [7, 11) is 1.63. The van der Waals surface area contributed by atoms with Crippen LogP contribution in [0.25, 0.3) is 5.69 Å². The molecule has 0 spiro atoms. The number of amides is 1. The largest absolute Gasteiger partial charge is 0.494 e. The number of hydrogen-bond donors (Lipinski definition) is 2. The summed E-state index contributed by atoms with van der Waals surface area (Å²) >= 11 is 0. The lowest BCUT2D eigenvalue weighted by molar-refractivity contribution is -0.121. The summed E-state index contributed by atoms with van der Waals surface area (Å²) in [5.41, 5.74) is 4.89. The third-order valence-electron chi connectivity index (χ3n) is 4.75. The highest BCUT2D eigenvalue weighted by Crippen LogP contribution is 2.23. The summed E-state index contributed by atoms with van der Waals surface area (Å²) in [5, 5.41) is 14.6. The zero-order valence-electron chi connectivity index (χ0n) is 16.1. The van der Waals surface area contributed by atoms with Crippen LogP contribution in [-0.2, 0) is 11.2 Å². The number of H-pyrrole nitrogens is 1. The highest BCUT2D eigenvalue weighted by molar-refractivity contribution is 5.76. The second-order valence-corrected chi connectivity index (χ2v) is 6.60. The number of ether oxygens (including phenoxy) is 1. The highest BCUT2D eigenvalue weighted by Gasteiger charge is 2.14. The quantitative estimate of drug-likeness (QED) is 0.672. The van der Waals surface area contributed by atoms with Gasteiger partial charge in [-0.25, -0.2) is 4.68 Å². The minimum atomic E-state index is -0.136. The van der Waals surface area contributed by atoms with Gasteiger partial charge in [0.2, 0.25) is 5.91 Å². The van der Waals surface area contributed by atoms with Gasteiger partial charge in [0.15, 0.2) is 0 Å². The van der Waals surface area contributed by atoms with Crippen LogP contribution in [0.1, 0.15) is 41.9 Å². The highest BCUT2D eigenvalue weighted by atomic mass is 16.5. The van der Waals surface area contributed by atoms with Crippen LogP contribution < -0.4 is 10.1 Å². The SMILES string of the molecule is COc1ccccc1-n1cc(C(C)NC(=O)CCc2n[nH]c(C)c2C)cn1. The van der Waals surface area contributed by atoms with Crippen molar-refractivity contribution in [1.29, 1.82) is 0 Å². The molecule has 1 atom stereocenters. The van der Waals surface area contributed by atoms with E-state index in [2.05, 4.69) is 20.6 Å². The van der Waals surface area contributed by atoms with E-state index in [-0.39, 0.29) is 11.9 Å². The molecule has 7 heteroatoms. The summed E-state index contributed by atoms with van der Waals surface area (Å²) in [6.07, 6.45) is 4.69. The molecule has 1 aromatic carbocycles. The first-order valence-corrected chi connectivity index (χ1v) is 8.97. The first kappa shape index (κ1) is 18.7. The number of aromatic amines is 1. The zero-order chi connectivity index (χ0) is 19.4. The van der Waals surface area contributed by atoms with Crippen LogP contribution in [0.5, 0.6) is 5.75 Å². The zero-order valence-corrected chi connectivity index (χ0v) is 16.1. The molecule has 142 valence electrons. The number of nitrogens with one attached hydrogen (secondary N) is 2. The number of carbonyl (C=O) groups is 1. The number of hydrogen-bond acceptors (Lipinski definition) is 4. The number of methoxy groups -OCH3 is 1. The van der Waals surface area contributed by atoms with E-state index in [4.69, 9.17) is 4.74 Å². The van der Waals surface area contributed by atoms with Crippen molar-refractivity contribution in [3.05, 3.63) is 59.2 Å². The Morgan fingerprint density at radius 1 is 1.33 bits per heavy atom. The van der Waals surface area contributed by atoms with E-state index in [9.17, 15) is 4.79 Å². The summed E-state index contributed by atoms with van der Waals surface area (Å²) in [4.78, 5) is 12.3. The van der Waals surface area contributed by atoms with E-state index in [0.717, 1.165) is 34.0 Å². The monoisotopic (exact) mass is 367 g/mol. The fraction of sp³-hybridized carbons (Fsp3) is 0.350. The molecule has 2 aromatic heterocycles. The molecule has 0 fully saturated rings. The Morgan fingerprint density at radius 3 is 2.81 bits per heavy atom. The van der Waals surface area contributed by atoms with Crippen molar-refractivity contribution in [2.24, 2.45) is 0 Å². The van der Waals surface area contributed by atoms with E-state index in [0.29, 0.717) is 12.8 Å². The van der Waals surface area contributed by atoms with E-state index in [1.165, 1.54) is 0 Å². The maximum Gasteiger partial charge on any atom is 0.220 e. The van der Waals surface area contributed by atoms with Crippen LogP contribution in [0.2, 0.25) is 0 Å². The molecule has 0 aliphatic carbocycles. The van der Waals surface area contributed by atoms with Gasteiger partial charge in [-0.2, -0.15) is 10.2 Å². The summed E-state index contributed by atoms with van der Waals surface area (Å²) in [6.45, 7) is 5.94. The second-order valence-electron chi connectivity index (χ2n) is 6.60. The standard InChI is InChI=1S/C20H25N5O2/c1-13-14(2)23-24-17(13)9-10-20(26)22-15(3)16-11-21-25(12-16)18-7-5-6-8-19(18)27-4/h5-8,11-12,15H,9-10H2,1-4H3,(H,22,26)(H,23,24). The smallest absolute Gasteiger partial charge is 0.220 e. The number of rotatable bonds is 7. The topological polar surface area (TPSA) is 84.8 Å². The molecular weight excluding hydrogens is 342 g/mol. The predicted molar refractivity (Wildman–Crippen MR) is 103 cm³/mol. The third kappa shape index (κ3) is 4.19. The minimum absolute atomic E-state index is 0.00686. The molecule has 0 saturated carbocycles. The molecule has 0 saturated heterocycles. The maximum absolute atomic E-state index is 12.3. The average Bonchev–Trinajstić information content (AvgIpc) is 3.28. The number of aryl methyl sites for hydroxylation is 2. The Kier molecular flexibility index (Phi) is 5.59. The molecule has 1 amide bonds. The lowest BCUT2D eigenvalue weighted by Gasteiger charge is -2.12. The predicted octanol–water partition coefficient (Wildman–Crippen LogP) is 3.03. The summed E-state index contributed by atoms with van der Waals surface area (Å²) in [5.74, 6) is 0.737. The number of benzene rings is 1. The average molecular weight is 367 g/mol. The molecule has 3 rings (SSSR count). The van der Waals surface area contributed by atoms with Crippen LogP contribution in [0.15, 0.2) is 36.7 Å². The lowest BCUT2D eigenvalue weighted by atomic mass is 10.1. The summed E-state index contributed by atoms with van der Waals surface area (Å²) < 4.78 is 7.14. The fourth-order valence-corrected chi connectivity index (χ4v) is 2.92. The van der Waals surface area contributed by atoms with E-state index < -0.39 is 0 Å². The molecule has 0 bridgehead atoms. The second kappa shape index (κ2) is 8.07. The van der Waals surface area contributed by atoms with Gasteiger partial charge in [-0.3, -0.25) is 9.89 Å². The summed E-state index contributed by atoms with van der Waals surface area (Å²) in [6, 6.07) is 7.54. The Bertz CT molecular complexity index is 928. The van der Waals surface area contributed by atoms with Crippen LogP contribution in [0.3, 0.4) is 0 Å². The van der Waals surface area contributed by atoms with Crippen molar-refractivity contribution in [1.82, 2.24) is 25.3 Å². The van der Waals surface area contributed by atoms with Gasteiger partial charge in [-0.15, -0.1) is 0 Å². The molecule has 27 heavy (non-hydrogen) atoms. The molecule has 0 aliphatic heterocycles. The van der Waals surface area contributed by atoms with E-state index in [1.807, 2.05) is 51.2 Å². The number of aromatic nitrogens is 4. The Balaban J connectivity index is 1.61. The molecule has 0 aliphatic rings. The Labute approximate surface area is 158 Å². The van der Waals surface area contributed by atoms with Gasteiger partial charge in [0.25, 0.3) is 0 Å². The van der Waals surface area contributed by atoms with Gasteiger partial charge in [-0.1, -0.05) is 12.1 Å². The van der Waals surface area contributed by atoms with Gasteiger partial charge < -0.3 is 10.1 Å². The van der Waals surface area contributed by atoms with Crippen molar-refractivity contribution in [2.75, 3.05) is 7.11 Å². The molecule has 2 heterocycles. The van der Waals surface area contributed by atoms with E-state index in [1.54, 1.807) is 18.0 Å². The molecule has 2 N–H and O–H groups in total. The molecule has 7 nitrogen and oxygen atoms in total. The van der Waals surface area contributed by atoms with Crippen LogP contribution >= 0.6 is 0 Å². The fourth-order valence-electron chi connectivity index (χ4n) is 2.92. The molecule has 0 radical (unpaired) electrons. The number of carbonyl (C=O) groups excluding carboxylic acids is 1. The van der Waals surface area contributed by atoms with Crippen molar-refractivity contribution in [2.45, 2.75) is 39.7 Å². The first-order chi connectivity index (χ1) is 13.0. The van der Waals surface area contributed by atoms with Gasteiger partial charge in [0, 0.05) is 30.3 Å². The van der Waals surface area contributed by atoms with Crippen molar-refractivity contribution in [3.63, 3.8) is 0 Å². The van der Waals surface area contributed by atoms with Gasteiger partial charge in [0.05, 0.1) is 25.0 Å². The van der Waals surface area contributed by atoms with E-state index >= 15 is 0 Å². The van der Waals surface area contributed by atoms with Crippen molar-refractivity contribution < 1.29 is 9.53 Å². The molecule has 3 aromatic rings. The normalized spacial score (nSPS) is 12.0. The van der Waals surface area contributed by atoms with Gasteiger partial charge in [0.1, 0.15) is 11.4 Å². The third-order valence-corrected chi connectivity index (χ3v) is 4.75. The molecule has 1 unspecified atom stereocenters. The van der Waals surface area contributed by atoms with Crippen molar-refractivity contribution >= 4 is 5.91 Å². The number of nitrogens with zero attached hydrogens (tertiary/aromatic N) is 3. The van der Waals surface area contributed by atoms with Gasteiger partial charge in [-0.05, 0) is 38.5 Å². The lowest BCUT2D eigenvalue weighted by Crippen LogP contribution is -2.26. The van der Waals surface area contributed by atoms with Crippen LogP contribution in [0.4, 0.5) is 0 Å². The molecular formula is C20H25N5O2. The van der Waals surface area contributed by atoms with Crippen molar-refractivity contribution in [3.8, 4) is 11.4 Å². The van der Waals surface area contributed by atoms with Crippen LogP contribution in [-0.4, -0.2) is 33.0 Å². The van der Waals surface area contributed by atoms with Gasteiger partial charge >= 0.3 is 0 Å².